The summed E-state index contributed by atoms with van der Waals surface area (Å²) in [6.07, 6.45) is 2.26. The van der Waals surface area contributed by atoms with E-state index in [0.29, 0.717) is 30.0 Å². The molecule has 1 aliphatic heterocycles. The SMILES string of the molecule is N#Cc1ccc(Nc2nc(NC3CCS(=O)(=O)CC3)ccc2[N+](=O)[O-])nc1. The summed E-state index contributed by atoms with van der Waals surface area (Å²) in [4.78, 5) is 19.0. The van der Waals surface area contributed by atoms with Crippen molar-refractivity contribution < 1.29 is 13.3 Å². The van der Waals surface area contributed by atoms with Crippen molar-refractivity contribution in [1.29, 1.82) is 5.26 Å². The Morgan fingerprint density at radius 2 is 1.89 bits per heavy atom. The van der Waals surface area contributed by atoms with Crippen LogP contribution in [-0.4, -0.2) is 40.9 Å². The van der Waals surface area contributed by atoms with Gasteiger partial charge < -0.3 is 10.6 Å². The zero-order chi connectivity index (χ0) is 19.4. The molecule has 27 heavy (non-hydrogen) atoms. The molecule has 0 aliphatic carbocycles. The van der Waals surface area contributed by atoms with Gasteiger partial charge in [0, 0.05) is 18.3 Å². The topological polar surface area (TPSA) is 151 Å². The Morgan fingerprint density at radius 3 is 2.48 bits per heavy atom. The summed E-state index contributed by atoms with van der Waals surface area (Å²) in [5.74, 6) is 0.938. The maximum absolute atomic E-state index is 11.5. The molecule has 0 unspecified atom stereocenters. The van der Waals surface area contributed by atoms with Crippen LogP contribution in [-0.2, 0) is 9.84 Å². The lowest BCUT2D eigenvalue weighted by atomic mass is 10.1. The van der Waals surface area contributed by atoms with Gasteiger partial charge in [0.15, 0.2) is 0 Å². The normalized spacial score (nSPS) is 16.3. The molecule has 0 spiro atoms. The van der Waals surface area contributed by atoms with Crippen LogP contribution in [0, 0.1) is 21.4 Å². The quantitative estimate of drug-likeness (QED) is 0.578. The highest BCUT2D eigenvalue weighted by molar-refractivity contribution is 7.91. The molecule has 1 aliphatic rings. The molecule has 0 saturated carbocycles. The van der Waals surface area contributed by atoms with E-state index in [0.717, 1.165) is 0 Å². The van der Waals surface area contributed by atoms with Crippen molar-refractivity contribution in [1.82, 2.24) is 9.97 Å². The third kappa shape index (κ3) is 4.68. The fourth-order valence-electron chi connectivity index (χ4n) is 2.67. The lowest BCUT2D eigenvalue weighted by Crippen LogP contribution is -2.32. The zero-order valence-electron chi connectivity index (χ0n) is 14.1. The second-order valence-corrected chi connectivity index (χ2v) is 8.36. The van der Waals surface area contributed by atoms with Gasteiger partial charge in [-0.1, -0.05) is 0 Å². The van der Waals surface area contributed by atoms with E-state index in [1.54, 1.807) is 0 Å². The van der Waals surface area contributed by atoms with Crippen molar-refractivity contribution in [3.8, 4) is 6.07 Å². The zero-order valence-corrected chi connectivity index (χ0v) is 14.9. The van der Waals surface area contributed by atoms with E-state index in [-0.39, 0.29) is 29.1 Å². The predicted molar refractivity (Wildman–Crippen MR) is 98.4 cm³/mol. The largest absolute Gasteiger partial charge is 0.367 e. The van der Waals surface area contributed by atoms with Crippen LogP contribution >= 0.6 is 0 Å². The molecule has 140 valence electrons. The van der Waals surface area contributed by atoms with Gasteiger partial charge in [0.2, 0.25) is 5.82 Å². The van der Waals surface area contributed by atoms with Crippen molar-refractivity contribution in [2.24, 2.45) is 0 Å². The van der Waals surface area contributed by atoms with Gasteiger partial charge in [-0.05, 0) is 31.0 Å². The average Bonchev–Trinajstić information content (AvgIpc) is 2.64. The second kappa shape index (κ2) is 7.55. The Hall–Kier alpha value is -3.26. The van der Waals surface area contributed by atoms with Crippen LogP contribution in [0.25, 0.3) is 0 Å². The molecule has 3 heterocycles. The van der Waals surface area contributed by atoms with Crippen molar-refractivity contribution in [3.63, 3.8) is 0 Å². The number of nitrogens with one attached hydrogen (secondary N) is 2. The minimum atomic E-state index is -2.97. The minimum absolute atomic E-state index is 0.00522. The first-order valence-corrected chi connectivity index (χ1v) is 9.94. The Bertz CT molecular complexity index is 987. The molecule has 0 radical (unpaired) electrons. The summed E-state index contributed by atoms with van der Waals surface area (Å²) in [6, 6.07) is 7.74. The summed E-state index contributed by atoms with van der Waals surface area (Å²) < 4.78 is 23.0. The lowest BCUT2D eigenvalue weighted by molar-refractivity contribution is -0.384. The molecule has 0 aromatic carbocycles. The van der Waals surface area contributed by atoms with E-state index in [1.165, 1.54) is 30.5 Å². The third-order valence-electron chi connectivity index (χ3n) is 4.12. The van der Waals surface area contributed by atoms with Crippen molar-refractivity contribution in [2.75, 3.05) is 22.1 Å². The first-order valence-electron chi connectivity index (χ1n) is 8.12. The van der Waals surface area contributed by atoms with Gasteiger partial charge in [0.1, 0.15) is 27.5 Å². The number of anilines is 3. The highest BCUT2D eigenvalue weighted by Crippen LogP contribution is 2.27. The minimum Gasteiger partial charge on any atom is -0.367 e. The Kier molecular flexibility index (Phi) is 5.18. The molecule has 3 rings (SSSR count). The number of hydrogen-bond donors (Lipinski definition) is 2. The van der Waals surface area contributed by atoms with Crippen LogP contribution in [0.15, 0.2) is 30.5 Å². The van der Waals surface area contributed by atoms with E-state index < -0.39 is 14.8 Å². The molecular formula is C16H16N6O4S. The second-order valence-electron chi connectivity index (χ2n) is 6.06. The van der Waals surface area contributed by atoms with Crippen LogP contribution in [0.5, 0.6) is 0 Å². The van der Waals surface area contributed by atoms with Gasteiger partial charge in [-0.2, -0.15) is 5.26 Å². The molecule has 0 bridgehead atoms. The maximum atomic E-state index is 11.5. The molecule has 0 atom stereocenters. The fourth-order valence-corrected chi connectivity index (χ4v) is 4.16. The molecule has 11 heteroatoms. The number of nitro groups is 1. The first-order chi connectivity index (χ1) is 12.9. The molecular weight excluding hydrogens is 372 g/mol. The number of hydrogen-bond acceptors (Lipinski definition) is 9. The van der Waals surface area contributed by atoms with Crippen LogP contribution in [0.4, 0.5) is 23.1 Å². The summed E-state index contributed by atoms with van der Waals surface area (Å²) >= 11 is 0. The van der Waals surface area contributed by atoms with E-state index in [1.807, 2.05) is 6.07 Å². The molecule has 1 saturated heterocycles. The number of rotatable bonds is 5. The average molecular weight is 388 g/mol. The Labute approximate surface area is 155 Å². The Morgan fingerprint density at radius 1 is 1.19 bits per heavy atom. The molecule has 1 fully saturated rings. The Balaban J connectivity index is 1.80. The molecule has 2 aromatic rings. The van der Waals surface area contributed by atoms with Gasteiger partial charge in [0.25, 0.3) is 0 Å². The van der Waals surface area contributed by atoms with E-state index in [2.05, 4.69) is 20.6 Å². The number of nitrogens with zero attached hydrogens (tertiary/aromatic N) is 4. The van der Waals surface area contributed by atoms with Gasteiger partial charge >= 0.3 is 5.69 Å². The number of sulfone groups is 1. The fraction of sp³-hybridized carbons (Fsp3) is 0.312. The van der Waals surface area contributed by atoms with Crippen molar-refractivity contribution in [2.45, 2.75) is 18.9 Å². The number of aromatic nitrogens is 2. The monoisotopic (exact) mass is 388 g/mol. The van der Waals surface area contributed by atoms with Crippen LogP contribution < -0.4 is 10.6 Å². The van der Waals surface area contributed by atoms with Gasteiger partial charge in [0.05, 0.1) is 22.0 Å². The van der Waals surface area contributed by atoms with E-state index in [9.17, 15) is 18.5 Å². The smallest absolute Gasteiger partial charge is 0.311 e. The predicted octanol–water partition coefficient (Wildman–Crippen LogP) is 1.99. The third-order valence-corrected chi connectivity index (χ3v) is 5.83. The van der Waals surface area contributed by atoms with Crippen molar-refractivity contribution >= 4 is 33.0 Å². The van der Waals surface area contributed by atoms with E-state index in [4.69, 9.17) is 5.26 Å². The molecule has 2 N–H and O–H groups in total. The van der Waals surface area contributed by atoms with Gasteiger partial charge in [-0.25, -0.2) is 18.4 Å². The molecule has 10 nitrogen and oxygen atoms in total. The maximum Gasteiger partial charge on any atom is 0.311 e. The van der Waals surface area contributed by atoms with Crippen molar-refractivity contribution in [3.05, 3.63) is 46.1 Å². The molecule has 2 aromatic heterocycles. The van der Waals surface area contributed by atoms with Crippen LogP contribution in [0.1, 0.15) is 18.4 Å². The summed E-state index contributed by atoms with van der Waals surface area (Å²) in [7, 11) is -2.97. The highest BCUT2D eigenvalue weighted by Gasteiger charge is 2.24. The standard InChI is InChI=1S/C16H16N6O4S/c17-9-11-1-3-14(18-10-11)20-16-13(22(23)24)2-4-15(21-16)19-12-5-7-27(25,26)8-6-12/h1-4,10,12H,5-8H2,(H2,18,19,20,21). The number of nitriles is 1. The van der Waals surface area contributed by atoms with E-state index >= 15 is 0 Å². The number of pyridine rings is 2. The van der Waals surface area contributed by atoms with Gasteiger partial charge in [-0.3, -0.25) is 10.1 Å². The highest BCUT2D eigenvalue weighted by atomic mass is 32.2. The molecule has 0 amide bonds. The summed E-state index contributed by atoms with van der Waals surface area (Å²) in [5.41, 5.74) is 0.142. The summed E-state index contributed by atoms with van der Waals surface area (Å²) in [6.45, 7) is 0. The first kappa shape index (κ1) is 18.5. The summed E-state index contributed by atoms with van der Waals surface area (Å²) in [5, 5.41) is 26.0. The van der Waals surface area contributed by atoms with Crippen LogP contribution in [0.2, 0.25) is 0 Å². The van der Waals surface area contributed by atoms with Gasteiger partial charge in [-0.15, -0.1) is 0 Å². The lowest BCUT2D eigenvalue weighted by Gasteiger charge is -2.23. The van der Waals surface area contributed by atoms with Crippen LogP contribution in [0.3, 0.4) is 0 Å².